The standard InChI is InChI=1S/C19H21FN2O3/c1-14(13-23)11-22(12-15-5-3-2-4-6-15)19(25)18(24)21-17-9-7-16(20)8-10-17/h2-10,14,23H,11-13H2,1H3,(H,21,24)/t14-/m0/s1. The van der Waals surface area contributed by atoms with E-state index >= 15 is 0 Å². The summed E-state index contributed by atoms with van der Waals surface area (Å²) in [6, 6.07) is 14.5. The van der Waals surface area contributed by atoms with E-state index < -0.39 is 17.6 Å². The highest BCUT2D eigenvalue weighted by atomic mass is 19.1. The lowest BCUT2D eigenvalue weighted by atomic mass is 10.1. The van der Waals surface area contributed by atoms with Crippen LogP contribution in [-0.2, 0) is 16.1 Å². The number of hydrogen-bond acceptors (Lipinski definition) is 3. The Labute approximate surface area is 146 Å². The molecule has 2 N–H and O–H groups in total. The second kappa shape index (κ2) is 8.94. The molecular weight excluding hydrogens is 323 g/mol. The molecule has 1 atom stereocenters. The maximum absolute atomic E-state index is 12.9. The molecule has 25 heavy (non-hydrogen) atoms. The summed E-state index contributed by atoms with van der Waals surface area (Å²) in [6.45, 7) is 2.23. The first-order valence-corrected chi connectivity index (χ1v) is 8.00. The van der Waals surface area contributed by atoms with Gasteiger partial charge in [-0.2, -0.15) is 0 Å². The molecular formula is C19H21FN2O3. The van der Waals surface area contributed by atoms with E-state index in [1.807, 2.05) is 30.3 Å². The van der Waals surface area contributed by atoms with Gasteiger partial charge in [0.1, 0.15) is 5.82 Å². The van der Waals surface area contributed by atoms with Crippen molar-refractivity contribution >= 4 is 17.5 Å². The zero-order chi connectivity index (χ0) is 18.2. The number of aliphatic hydroxyl groups excluding tert-OH is 1. The molecule has 0 unspecified atom stereocenters. The number of anilines is 1. The number of aliphatic hydroxyl groups is 1. The number of rotatable bonds is 6. The van der Waals surface area contributed by atoms with E-state index in [2.05, 4.69) is 5.32 Å². The Bertz CT molecular complexity index is 704. The van der Waals surface area contributed by atoms with Crippen LogP contribution in [0.3, 0.4) is 0 Å². The van der Waals surface area contributed by atoms with Crippen molar-refractivity contribution in [2.45, 2.75) is 13.5 Å². The molecule has 2 amide bonds. The van der Waals surface area contributed by atoms with Crippen LogP contribution in [0.1, 0.15) is 12.5 Å². The Hall–Kier alpha value is -2.73. The van der Waals surface area contributed by atoms with Gasteiger partial charge in [0.25, 0.3) is 0 Å². The fourth-order valence-corrected chi connectivity index (χ4v) is 2.32. The van der Waals surface area contributed by atoms with Crippen LogP contribution in [0, 0.1) is 11.7 Å². The molecule has 0 bridgehead atoms. The normalized spacial score (nSPS) is 11.6. The van der Waals surface area contributed by atoms with E-state index in [1.54, 1.807) is 6.92 Å². The van der Waals surface area contributed by atoms with Crippen molar-refractivity contribution in [1.29, 1.82) is 0 Å². The Morgan fingerprint density at radius 2 is 1.76 bits per heavy atom. The third kappa shape index (κ3) is 5.69. The van der Waals surface area contributed by atoms with E-state index in [9.17, 15) is 19.1 Å². The quantitative estimate of drug-likeness (QED) is 0.791. The van der Waals surface area contributed by atoms with Gasteiger partial charge in [-0.1, -0.05) is 37.3 Å². The zero-order valence-corrected chi connectivity index (χ0v) is 14.0. The first kappa shape index (κ1) is 18.6. The molecule has 0 spiro atoms. The van der Waals surface area contributed by atoms with Crippen LogP contribution in [0.5, 0.6) is 0 Å². The molecule has 0 saturated carbocycles. The van der Waals surface area contributed by atoms with Crippen molar-refractivity contribution < 1.29 is 19.1 Å². The summed E-state index contributed by atoms with van der Waals surface area (Å²) in [6.07, 6.45) is 0. The maximum Gasteiger partial charge on any atom is 0.313 e. The summed E-state index contributed by atoms with van der Waals surface area (Å²) in [5, 5.41) is 11.7. The first-order chi connectivity index (χ1) is 12.0. The topological polar surface area (TPSA) is 69.6 Å². The molecule has 2 aromatic carbocycles. The molecule has 0 heterocycles. The van der Waals surface area contributed by atoms with E-state index in [-0.39, 0.29) is 25.6 Å². The van der Waals surface area contributed by atoms with Gasteiger partial charge in [-0.15, -0.1) is 0 Å². The van der Waals surface area contributed by atoms with E-state index in [0.29, 0.717) is 5.69 Å². The average Bonchev–Trinajstić information content (AvgIpc) is 2.63. The predicted octanol–water partition coefficient (Wildman–Crippen LogP) is 2.42. The number of halogens is 1. The van der Waals surface area contributed by atoms with Gasteiger partial charge in [-0.25, -0.2) is 4.39 Å². The minimum atomic E-state index is -0.798. The summed E-state index contributed by atoms with van der Waals surface area (Å²) in [4.78, 5) is 26.2. The third-order valence-electron chi connectivity index (χ3n) is 3.64. The predicted molar refractivity (Wildman–Crippen MR) is 93.1 cm³/mol. The number of carbonyl (C=O) groups is 2. The lowest BCUT2D eigenvalue weighted by molar-refractivity contribution is -0.144. The van der Waals surface area contributed by atoms with Crippen molar-refractivity contribution in [2.75, 3.05) is 18.5 Å². The number of benzene rings is 2. The van der Waals surface area contributed by atoms with Crippen LogP contribution < -0.4 is 5.32 Å². The van der Waals surface area contributed by atoms with Crippen molar-refractivity contribution in [2.24, 2.45) is 5.92 Å². The zero-order valence-electron chi connectivity index (χ0n) is 14.0. The fourth-order valence-electron chi connectivity index (χ4n) is 2.32. The highest BCUT2D eigenvalue weighted by Crippen LogP contribution is 2.11. The van der Waals surface area contributed by atoms with E-state index in [0.717, 1.165) is 5.56 Å². The number of nitrogens with one attached hydrogen (secondary N) is 1. The lowest BCUT2D eigenvalue weighted by Crippen LogP contribution is -2.42. The Kier molecular flexibility index (Phi) is 6.65. The molecule has 0 aliphatic carbocycles. The van der Waals surface area contributed by atoms with Crippen LogP contribution in [0.2, 0.25) is 0 Å². The van der Waals surface area contributed by atoms with Gasteiger partial charge in [0.2, 0.25) is 0 Å². The number of amides is 2. The fraction of sp³-hybridized carbons (Fsp3) is 0.263. The van der Waals surface area contributed by atoms with Gasteiger partial charge in [0.05, 0.1) is 0 Å². The second-order valence-electron chi connectivity index (χ2n) is 5.92. The number of carbonyl (C=O) groups excluding carboxylic acids is 2. The average molecular weight is 344 g/mol. The van der Waals surface area contributed by atoms with Gasteiger partial charge in [-0.3, -0.25) is 9.59 Å². The minimum absolute atomic E-state index is 0.0852. The molecule has 0 radical (unpaired) electrons. The smallest absolute Gasteiger partial charge is 0.313 e. The van der Waals surface area contributed by atoms with Gasteiger partial charge in [0.15, 0.2) is 0 Å². The van der Waals surface area contributed by atoms with Crippen molar-refractivity contribution in [3.05, 3.63) is 66.0 Å². The second-order valence-corrected chi connectivity index (χ2v) is 5.92. The molecule has 0 saturated heterocycles. The van der Waals surface area contributed by atoms with Gasteiger partial charge >= 0.3 is 11.8 Å². The minimum Gasteiger partial charge on any atom is -0.396 e. The summed E-state index contributed by atoms with van der Waals surface area (Å²) < 4.78 is 12.9. The van der Waals surface area contributed by atoms with E-state index in [4.69, 9.17) is 0 Å². The molecule has 0 aliphatic heterocycles. The Morgan fingerprint density at radius 3 is 2.36 bits per heavy atom. The summed E-state index contributed by atoms with van der Waals surface area (Å²) in [5.41, 5.74) is 1.23. The maximum atomic E-state index is 12.9. The Morgan fingerprint density at radius 1 is 1.12 bits per heavy atom. The molecule has 0 aromatic heterocycles. The Balaban J connectivity index is 2.09. The number of hydrogen-bond donors (Lipinski definition) is 2. The largest absolute Gasteiger partial charge is 0.396 e. The molecule has 0 fully saturated rings. The third-order valence-corrected chi connectivity index (χ3v) is 3.64. The van der Waals surface area contributed by atoms with Crippen LogP contribution >= 0.6 is 0 Å². The van der Waals surface area contributed by atoms with Crippen LogP contribution in [0.25, 0.3) is 0 Å². The van der Waals surface area contributed by atoms with Gasteiger partial charge < -0.3 is 15.3 Å². The van der Waals surface area contributed by atoms with Gasteiger partial charge in [-0.05, 0) is 35.7 Å². The molecule has 6 heteroatoms. The van der Waals surface area contributed by atoms with Crippen molar-refractivity contribution in [3.8, 4) is 0 Å². The van der Waals surface area contributed by atoms with Crippen LogP contribution in [0.4, 0.5) is 10.1 Å². The SMILES string of the molecule is C[C@H](CO)CN(Cc1ccccc1)C(=O)C(=O)Nc1ccc(F)cc1. The van der Waals surface area contributed by atoms with Crippen LogP contribution in [0.15, 0.2) is 54.6 Å². The highest BCUT2D eigenvalue weighted by molar-refractivity contribution is 6.39. The van der Waals surface area contributed by atoms with Crippen molar-refractivity contribution in [1.82, 2.24) is 4.90 Å². The first-order valence-electron chi connectivity index (χ1n) is 8.00. The summed E-state index contributed by atoms with van der Waals surface area (Å²) in [7, 11) is 0. The lowest BCUT2D eigenvalue weighted by Gasteiger charge is -2.25. The molecule has 2 aromatic rings. The molecule has 132 valence electrons. The number of nitrogens with zero attached hydrogens (tertiary/aromatic N) is 1. The van der Waals surface area contributed by atoms with E-state index in [1.165, 1.54) is 29.2 Å². The summed E-state index contributed by atoms with van der Waals surface area (Å²) >= 11 is 0. The molecule has 0 aliphatic rings. The molecule has 5 nitrogen and oxygen atoms in total. The van der Waals surface area contributed by atoms with Crippen LogP contribution in [-0.4, -0.2) is 35.0 Å². The highest BCUT2D eigenvalue weighted by Gasteiger charge is 2.23. The van der Waals surface area contributed by atoms with Gasteiger partial charge in [0, 0.05) is 25.4 Å². The summed E-state index contributed by atoms with van der Waals surface area (Å²) in [5.74, 6) is -2.08. The van der Waals surface area contributed by atoms with Crippen molar-refractivity contribution in [3.63, 3.8) is 0 Å². The monoisotopic (exact) mass is 344 g/mol. The molecule has 2 rings (SSSR count).